The SMILES string of the molecule is Cc1cccnc1CC(=O)N(CC(=O)O)CC1CC1. The summed E-state index contributed by atoms with van der Waals surface area (Å²) >= 11 is 0. The number of hydrogen-bond acceptors (Lipinski definition) is 3. The lowest BCUT2D eigenvalue weighted by molar-refractivity contribution is -0.144. The molecule has 0 spiro atoms. The number of hydrogen-bond donors (Lipinski definition) is 1. The molecule has 1 aliphatic carbocycles. The Hall–Kier alpha value is -1.91. The normalized spacial score (nSPS) is 14.2. The zero-order chi connectivity index (χ0) is 13.8. The Morgan fingerprint density at radius 3 is 2.79 bits per heavy atom. The quantitative estimate of drug-likeness (QED) is 0.837. The van der Waals surface area contributed by atoms with Crippen LogP contribution in [0.5, 0.6) is 0 Å². The van der Waals surface area contributed by atoms with Crippen LogP contribution in [-0.4, -0.2) is 40.0 Å². The maximum atomic E-state index is 12.2. The summed E-state index contributed by atoms with van der Waals surface area (Å²) in [7, 11) is 0. The zero-order valence-electron chi connectivity index (χ0n) is 11.0. The van der Waals surface area contributed by atoms with E-state index in [-0.39, 0.29) is 18.9 Å². The smallest absolute Gasteiger partial charge is 0.323 e. The van der Waals surface area contributed by atoms with Crippen LogP contribution in [0, 0.1) is 12.8 Å². The van der Waals surface area contributed by atoms with Gasteiger partial charge >= 0.3 is 5.97 Å². The molecule has 0 radical (unpaired) electrons. The number of carboxylic acid groups (broad SMARTS) is 1. The van der Waals surface area contributed by atoms with Crippen molar-refractivity contribution in [2.45, 2.75) is 26.2 Å². The first-order valence-corrected chi connectivity index (χ1v) is 6.46. The first-order valence-electron chi connectivity index (χ1n) is 6.46. The van der Waals surface area contributed by atoms with Gasteiger partial charge < -0.3 is 10.0 Å². The second-order valence-electron chi connectivity index (χ2n) is 5.06. The van der Waals surface area contributed by atoms with Crippen LogP contribution in [0.4, 0.5) is 0 Å². The molecule has 1 aromatic heterocycles. The van der Waals surface area contributed by atoms with Gasteiger partial charge in [-0.1, -0.05) is 6.07 Å². The minimum Gasteiger partial charge on any atom is -0.480 e. The third-order valence-electron chi connectivity index (χ3n) is 3.29. The first kappa shape index (κ1) is 13.5. The molecule has 0 unspecified atom stereocenters. The lowest BCUT2D eigenvalue weighted by Crippen LogP contribution is -2.38. The molecule has 0 saturated heterocycles. The summed E-state index contributed by atoms with van der Waals surface area (Å²) in [5.41, 5.74) is 1.68. The highest BCUT2D eigenvalue weighted by atomic mass is 16.4. The summed E-state index contributed by atoms with van der Waals surface area (Å²) < 4.78 is 0. The summed E-state index contributed by atoms with van der Waals surface area (Å²) in [6.07, 6.45) is 4.00. The maximum Gasteiger partial charge on any atom is 0.323 e. The number of rotatable bonds is 6. The van der Waals surface area contributed by atoms with Gasteiger partial charge in [0, 0.05) is 12.7 Å². The van der Waals surface area contributed by atoms with E-state index >= 15 is 0 Å². The fourth-order valence-corrected chi connectivity index (χ4v) is 1.99. The van der Waals surface area contributed by atoms with E-state index in [4.69, 9.17) is 5.11 Å². The second kappa shape index (κ2) is 5.82. The molecule has 1 aliphatic rings. The summed E-state index contributed by atoms with van der Waals surface area (Å²) in [4.78, 5) is 28.6. The largest absolute Gasteiger partial charge is 0.480 e. The summed E-state index contributed by atoms with van der Waals surface area (Å²) in [6, 6.07) is 3.72. The van der Waals surface area contributed by atoms with Gasteiger partial charge in [0.15, 0.2) is 0 Å². The van der Waals surface area contributed by atoms with Gasteiger partial charge in [-0.3, -0.25) is 14.6 Å². The van der Waals surface area contributed by atoms with E-state index in [9.17, 15) is 9.59 Å². The summed E-state index contributed by atoms with van der Waals surface area (Å²) in [5.74, 6) is -0.643. The number of aliphatic carboxylic acids is 1. The third kappa shape index (κ3) is 4.05. The highest BCUT2D eigenvalue weighted by molar-refractivity contribution is 5.83. The number of nitrogens with zero attached hydrogens (tertiary/aromatic N) is 2. The molecule has 1 amide bonds. The van der Waals surface area contributed by atoms with E-state index in [1.165, 1.54) is 4.90 Å². The fraction of sp³-hybridized carbons (Fsp3) is 0.500. The number of aryl methyl sites for hydroxylation is 1. The Labute approximate surface area is 112 Å². The van der Waals surface area contributed by atoms with Gasteiger partial charge in [-0.25, -0.2) is 0 Å². The first-order chi connectivity index (χ1) is 9.06. The lowest BCUT2D eigenvalue weighted by Gasteiger charge is -2.20. The van der Waals surface area contributed by atoms with Crippen molar-refractivity contribution >= 4 is 11.9 Å². The van der Waals surface area contributed by atoms with Crippen molar-refractivity contribution in [2.24, 2.45) is 5.92 Å². The van der Waals surface area contributed by atoms with E-state index in [1.807, 2.05) is 19.1 Å². The lowest BCUT2D eigenvalue weighted by atomic mass is 10.1. The monoisotopic (exact) mass is 262 g/mol. The number of pyridine rings is 1. The van der Waals surface area contributed by atoms with Crippen molar-refractivity contribution in [3.63, 3.8) is 0 Å². The summed E-state index contributed by atoms with van der Waals surface area (Å²) in [5, 5.41) is 8.88. The number of carboxylic acids is 1. The van der Waals surface area contributed by atoms with Crippen molar-refractivity contribution in [1.29, 1.82) is 0 Å². The molecule has 2 rings (SSSR count). The van der Waals surface area contributed by atoms with E-state index in [1.54, 1.807) is 6.20 Å². The molecule has 0 atom stereocenters. The Bertz CT molecular complexity index is 483. The Morgan fingerprint density at radius 2 is 2.21 bits per heavy atom. The average molecular weight is 262 g/mol. The van der Waals surface area contributed by atoms with Crippen LogP contribution in [0.1, 0.15) is 24.1 Å². The van der Waals surface area contributed by atoms with Gasteiger partial charge in [0.1, 0.15) is 6.54 Å². The molecule has 0 bridgehead atoms. The molecular formula is C14H18N2O3. The molecule has 5 heteroatoms. The van der Waals surface area contributed by atoms with Crippen LogP contribution in [0.2, 0.25) is 0 Å². The van der Waals surface area contributed by atoms with Crippen LogP contribution in [0.3, 0.4) is 0 Å². The van der Waals surface area contributed by atoms with Crippen molar-refractivity contribution in [1.82, 2.24) is 9.88 Å². The number of aromatic nitrogens is 1. The minimum atomic E-state index is -0.966. The Morgan fingerprint density at radius 1 is 1.47 bits per heavy atom. The predicted octanol–water partition coefficient (Wildman–Crippen LogP) is 1.26. The number of carbonyl (C=O) groups is 2. The standard InChI is InChI=1S/C14H18N2O3/c1-10-3-2-6-15-12(10)7-13(17)16(9-14(18)19)8-11-4-5-11/h2-3,6,11H,4-5,7-9H2,1H3,(H,18,19). The molecule has 1 heterocycles. The van der Waals surface area contributed by atoms with Gasteiger partial charge in [-0.05, 0) is 37.3 Å². The highest BCUT2D eigenvalue weighted by Gasteiger charge is 2.28. The van der Waals surface area contributed by atoms with Crippen molar-refractivity contribution in [2.75, 3.05) is 13.1 Å². The molecule has 1 fully saturated rings. The van der Waals surface area contributed by atoms with E-state index in [0.717, 1.165) is 24.1 Å². The second-order valence-corrected chi connectivity index (χ2v) is 5.06. The van der Waals surface area contributed by atoms with Gasteiger partial charge in [0.05, 0.1) is 12.1 Å². The molecular weight excluding hydrogens is 244 g/mol. The van der Waals surface area contributed by atoms with Crippen LogP contribution >= 0.6 is 0 Å². The summed E-state index contributed by atoms with van der Waals surface area (Å²) in [6.45, 7) is 2.23. The van der Waals surface area contributed by atoms with Gasteiger partial charge in [0.25, 0.3) is 0 Å². The third-order valence-corrected chi connectivity index (χ3v) is 3.29. The van der Waals surface area contributed by atoms with Gasteiger partial charge in [0.2, 0.25) is 5.91 Å². The molecule has 5 nitrogen and oxygen atoms in total. The molecule has 1 saturated carbocycles. The number of carbonyl (C=O) groups excluding carboxylic acids is 1. The van der Waals surface area contributed by atoms with Gasteiger partial charge in [-0.15, -0.1) is 0 Å². The maximum absolute atomic E-state index is 12.2. The highest BCUT2D eigenvalue weighted by Crippen LogP contribution is 2.29. The topological polar surface area (TPSA) is 70.5 Å². The average Bonchev–Trinajstić information content (AvgIpc) is 3.14. The van der Waals surface area contributed by atoms with Crippen LogP contribution < -0.4 is 0 Å². The molecule has 1 N–H and O–H groups in total. The predicted molar refractivity (Wildman–Crippen MR) is 69.6 cm³/mol. The van der Waals surface area contributed by atoms with Gasteiger partial charge in [-0.2, -0.15) is 0 Å². The van der Waals surface area contributed by atoms with E-state index < -0.39 is 5.97 Å². The minimum absolute atomic E-state index is 0.156. The molecule has 0 aromatic carbocycles. The van der Waals surface area contributed by atoms with Crippen LogP contribution in [0.15, 0.2) is 18.3 Å². The zero-order valence-corrected chi connectivity index (χ0v) is 11.0. The molecule has 19 heavy (non-hydrogen) atoms. The Kier molecular flexibility index (Phi) is 4.14. The van der Waals surface area contributed by atoms with Crippen LogP contribution in [0.25, 0.3) is 0 Å². The van der Waals surface area contributed by atoms with Crippen molar-refractivity contribution in [3.05, 3.63) is 29.6 Å². The van der Waals surface area contributed by atoms with E-state index in [0.29, 0.717) is 12.5 Å². The van der Waals surface area contributed by atoms with E-state index in [2.05, 4.69) is 4.98 Å². The molecule has 102 valence electrons. The Balaban J connectivity index is 2.01. The fourth-order valence-electron chi connectivity index (χ4n) is 1.99. The van der Waals surface area contributed by atoms with Crippen molar-refractivity contribution < 1.29 is 14.7 Å². The molecule has 1 aromatic rings. The van der Waals surface area contributed by atoms with Crippen LogP contribution in [-0.2, 0) is 16.0 Å². The number of amides is 1. The molecule has 0 aliphatic heterocycles. The van der Waals surface area contributed by atoms with Crippen molar-refractivity contribution in [3.8, 4) is 0 Å².